The fraction of sp³-hybridized carbons (Fsp3) is 1.00. The monoisotopic (exact) mass is 225 g/mol. The minimum atomic E-state index is 0.456. The van der Waals surface area contributed by atoms with E-state index >= 15 is 0 Å². The number of nitrogens with one attached hydrogen (secondary N) is 1. The van der Waals surface area contributed by atoms with Gasteiger partial charge in [-0.3, -0.25) is 0 Å². The molecule has 1 rings (SSSR count). The van der Waals surface area contributed by atoms with Gasteiger partial charge in [-0.15, -0.1) is 0 Å². The van der Waals surface area contributed by atoms with E-state index in [9.17, 15) is 0 Å². The van der Waals surface area contributed by atoms with Crippen LogP contribution < -0.4 is 5.32 Å². The van der Waals surface area contributed by atoms with E-state index in [0.29, 0.717) is 5.41 Å². The van der Waals surface area contributed by atoms with Crippen LogP contribution in [0.2, 0.25) is 0 Å². The minimum absolute atomic E-state index is 0.456. The average molecular weight is 225 g/mol. The molecular formula is C15H31N. The molecule has 1 nitrogen and oxygen atoms in total. The van der Waals surface area contributed by atoms with Gasteiger partial charge in [0, 0.05) is 0 Å². The summed E-state index contributed by atoms with van der Waals surface area (Å²) in [5, 5.41) is 3.57. The fourth-order valence-electron chi connectivity index (χ4n) is 3.19. The van der Waals surface area contributed by atoms with Gasteiger partial charge in [-0.1, -0.05) is 66.2 Å². The SMILES string of the molecule is CCNCC(C1CCCCCC1)C(C)(C)C. The average Bonchev–Trinajstić information content (AvgIpc) is 2.45. The van der Waals surface area contributed by atoms with Crippen LogP contribution in [0.15, 0.2) is 0 Å². The Labute approximate surface area is 102 Å². The van der Waals surface area contributed by atoms with Crippen molar-refractivity contribution in [2.75, 3.05) is 13.1 Å². The van der Waals surface area contributed by atoms with Crippen LogP contribution in [0.25, 0.3) is 0 Å². The maximum Gasteiger partial charge on any atom is -0.00130 e. The Balaban J connectivity index is 2.58. The molecule has 0 heterocycles. The second-order valence-electron chi connectivity index (χ2n) is 6.53. The second kappa shape index (κ2) is 6.64. The van der Waals surface area contributed by atoms with Gasteiger partial charge in [0.25, 0.3) is 0 Å². The highest BCUT2D eigenvalue weighted by atomic mass is 14.9. The van der Waals surface area contributed by atoms with Crippen LogP contribution in [-0.4, -0.2) is 13.1 Å². The van der Waals surface area contributed by atoms with Gasteiger partial charge < -0.3 is 5.32 Å². The third kappa shape index (κ3) is 4.45. The van der Waals surface area contributed by atoms with E-state index in [-0.39, 0.29) is 0 Å². The Bertz CT molecular complexity index is 172. The Kier molecular flexibility index (Phi) is 5.82. The van der Waals surface area contributed by atoms with E-state index in [1.54, 1.807) is 0 Å². The predicted octanol–water partition coefficient (Wildman–Crippen LogP) is 4.23. The van der Waals surface area contributed by atoms with Crippen LogP contribution in [0.1, 0.15) is 66.2 Å². The molecule has 0 bridgehead atoms. The van der Waals surface area contributed by atoms with Crippen molar-refractivity contribution in [3.63, 3.8) is 0 Å². The van der Waals surface area contributed by atoms with Gasteiger partial charge in [0.05, 0.1) is 0 Å². The van der Waals surface area contributed by atoms with Crippen molar-refractivity contribution in [2.45, 2.75) is 66.2 Å². The normalized spacial score (nSPS) is 21.8. The van der Waals surface area contributed by atoms with Crippen molar-refractivity contribution in [1.82, 2.24) is 5.32 Å². The first-order chi connectivity index (χ1) is 7.55. The molecule has 1 unspecified atom stereocenters. The van der Waals surface area contributed by atoms with Crippen LogP contribution in [0, 0.1) is 17.3 Å². The highest BCUT2D eigenvalue weighted by Crippen LogP contribution is 2.38. The molecule has 1 fully saturated rings. The Hall–Kier alpha value is -0.0400. The third-order valence-electron chi connectivity index (χ3n) is 4.20. The number of rotatable bonds is 4. The largest absolute Gasteiger partial charge is 0.317 e. The Morgan fingerprint density at radius 1 is 1.06 bits per heavy atom. The van der Waals surface area contributed by atoms with Crippen LogP contribution in [-0.2, 0) is 0 Å². The summed E-state index contributed by atoms with van der Waals surface area (Å²) in [4.78, 5) is 0. The first kappa shape index (κ1) is 14.0. The smallest absolute Gasteiger partial charge is 0.00130 e. The van der Waals surface area contributed by atoms with Gasteiger partial charge >= 0.3 is 0 Å². The van der Waals surface area contributed by atoms with E-state index in [0.717, 1.165) is 18.4 Å². The van der Waals surface area contributed by atoms with Gasteiger partial charge in [0.15, 0.2) is 0 Å². The molecule has 96 valence electrons. The zero-order valence-corrected chi connectivity index (χ0v) is 11.8. The molecule has 0 aromatic carbocycles. The topological polar surface area (TPSA) is 12.0 Å². The zero-order chi connectivity index (χ0) is 12.0. The van der Waals surface area contributed by atoms with Crippen LogP contribution in [0.3, 0.4) is 0 Å². The fourth-order valence-corrected chi connectivity index (χ4v) is 3.19. The molecule has 0 radical (unpaired) electrons. The molecule has 1 aliphatic rings. The second-order valence-corrected chi connectivity index (χ2v) is 6.53. The van der Waals surface area contributed by atoms with Crippen molar-refractivity contribution in [2.24, 2.45) is 17.3 Å². The summed E-state index contributed by atoms with van der Waals surface area (Å²) in [6.45, 7) is 11.8. The van der Waals surface area contributed by atoms with Crippen LogP contribution in [0.5, 0.6) is 0 Å². The van der Waals surface area contributed by atoms with E-state index in [1.165, 1.54) is 45.1 Å². The van der Waals surface area contributed by atoms with Gasteiger partial charge in [0.2, 0.25) is 0 Å². The Morgan fingerprint density at radius 3 is 2.06 bits per heavy atom. The van der Waals surface area contributed by atoms with E-state index < -0.39 is 0 Å². The highest BCUT2D eigenvalue weighted by molar-refractivity contribution is 4.83. The molecular weight excluding hydrogens is 194 g/mol. The quantitative estimate of drug-likeness (QED) is 0.706. The summed E-state index contributed by atoms with van der Waals surface area (Å²) in [6.07, 6.45) is 8.79. The third-order valence-corrected chi connectivity index (χ3v) is 4.20. The van der Waals surface area contributed by atoms with Gasteiger partial charge in [0.1, 0.15) is 0 Å². The summed E-state index contributed by atoms with van der Waals surface area (Å²) in [7, 11) is 0. The number of hydrogen-bond donors (Lipinski definition) is 1. The zero-order valence-electron chi connectivity index (χ0n) is 11.8. The van der Waals surface area contributed by atoms with Crippen molar-refractivity contribution >= 4 is 0 Å². The van der Waals surface area contributed by atoms with Crippen molar-refractivity contribution < 1.29 is 0 Å². The lowest BCUT2D eigenvalue weighted by Crippen LogP contribution is -2.37. The summed E-state index contributed by atoms with van der Waals surface area (Å²) >= 11 is 0. The maximum atomic E-state index is 3.57. The summed E-state index contributed by atoms with van der Waals surface area (Å²) in [5.74, 6) is 1.81. The van der Waals surface area contributed by atoms with E-state index in [4.69, 9.17) is 0 Å². The molecule has 1 N–H and O–H groups in total. The molecule has 0 aliphatic heterocycles. The molecule has 1 saturated carbocycles. The minimum Gasteiger partial charge on any atom is -0.317 e. The Morgan fingerprint density at radius 2 is 1.62 bits per heavy atom. The van der Waals surface area contributed by atoms with Gasteiger partial charge in [-0.25, -0.2) is 0 Å². The lowest BCUT2D eigenvalue weighted by molar-refractivity contribution is 0.141. The molecule has 16 heavy (non-hydrogen) atoms. The molecule has 1 atom stereocenters. The molecule has 0 spiro atoms. The summed E-state index contributed by atoms with van der Waals surface area (Å²) in [5.41, 5.74) is 0.456. The molecule has 0 saturated heterocycles. The van der Waals surface area contributed by atoms with Gasteiger partial charge in [-0.2, -0.15) is 0 Å². The maximum absolute atomic E-state index is 3.57. The predicted molar refractivity (Wildman–Crippen MR) is 72.7 cm³/mol. The number of hydrogen-bond acceptors (Lipinski definition) is 1. The van der Waals surface area contributed by atoms with E-state index in [1.807, 2.05) is 0 Å². The highest BCUT2D eigenvalue weighted by Gasteiger charge is 2.31. The van der Waals surface area contributed by atoms with Gasteiger partial charge in [-0.05, 0) is 30.3 Å². The molecule has 0 amide bonds. The lowest BCUT2D eigenvalue weighted by Gasteiger charge is -2.37. The first-order valence-electron chi connectivity index (χ1n) is 7.26. The van der Waals surface area contributed by atoms with Crippen molar-refractivity contribution in [1.29, 1.82) is 0 Å². The lowest BCUT2D eigenvalue weighted by atomic mass is 9.70. The summed E-state index contributed by atoms with van der Waals surface area (Å²) in [6, 6.07) is 0. The van der Waals surface area contributed by atoms with Crippen molar-refractivity contribution in [3.8, 4) is 0 Å². The summed E-state index contributed by atoms with van der Waals surface area (Å²) < 4.78 is 0. The standard InChI is InChI=1S/C15H31N/c1-5-16-12-14(15(2,3)4)13-10-8-6-7-9-11-13/h13-14,16H,5-12H2,1-4H3. The first-order valence-corrected chi connectivity index (χ1v) is 7.26. The molecule has 0 aromatic rings. The molecule has 1 aliphatic carbocycles. The molecule has 1 heteroatoms. The van der Waals surface area contributed by atoms with Crippen LogP contribution >= 0.6 is 0 Å². The molecule has 0 aromatic heterocycles. The van der Waals surface area contributed by atoms with Crippen LogP contribution in [0.4, 0.5) is 0 Å². The van der Waals surface area contributed by atoms with Crippen molar-refractivity contribution in [3.05, 3.63) is 0 Å². The van der Waals surface area contributed by atoms with E-state index in [2.05, 4.69) is 33.0 Å².